The Morgan fingerprint density at radius 3 is 2.78 bits per heavy atom. The molecule has 4 rings (SSSR count). The van der Waals surface area contributed by atoms with Crippen LogP contribution in [0.5, 0.6) is 5.88 Å². The Bertz CT molecular complexity index is 740. The molecule has 23 heavy (non-hydrogen) atoms. The molecule has 1 amide bonds. The van der Waals surface area contributed by atoms with Gasteiger partial charge in [0.1, 0.15) is 5.56 Å². The van der Waals surface area contributed by atoms with Crippen LogP contribution in [0.15, 0.2) is 42.6 Å². The van der Waals surface area contributed by atoms with Crippen molar-refractivity contribution in [3.8, 4) is 5.88 Å². The number of pyridine rings is 1. The number of rotatable bonds is 4. The van der Waals surface area contributed by atoms with Crippen LogP contribution in [0.2, 0.25) is 0 Å². The summed E-state index contributed by atoms with van der Waals surface area (Å²) in [7, 11) is 1.56. The zero-order valence-electron chi connectivity index (χ0n) is 13.2. The number of fused-ring (bicyclic) bond motifs is 1. The Balaban J connectivity index is 1.71. The Morgan fingerprint density at radius 2 is 2.00 bits per heavy atom. The van der Waals surface area contributed by atoms with Crippen molar-refractivity contribution in [2.45, 2.75) is 37.8 Å². The predicted molar refractivity (Wildman–Crippen MR) is 87.5 cm³/mol. The van der Waals surface area contributed by atoms with E-state index < -0.39 is 0 Å². The fraction of sp³-hybridized carbons (Fsp3) is 0.368. The summed E-state index contributed by atoms with van der Waals surface area (Å²) >= 11 is 0. The van der Waals surface area contributed by atoms with Gasteiger partial charge in [-0.2, -0.15) is 0 Å². The van der Waals surface area contributed by atoms with Crippen LogP contribution < -0.4 is 4.74 Å². The van der Waals surface area contributed by atoms with E-state index in [9.17, 15) is 4.79 Å². The van der Waals surface area contributed by atoms with Gasteiger partial charge in [-0.3, -0.25) is 4.79 Å². The van der Waals surface area contributed by atoms with Gasteiger partial charge in [-0.25, -0.2) is 4.98 Å². The van der Waals surface area contributed by atoms with E-state index >= 15 is 0 Å². The lowest BCUT2D eigenvalue weighted by Gasteiger charge is -2.30. The topological polar surface area (TPSA) is 42.4 Å². The lowest BCUT2D eigenvalue weighted by atomic mass is 10.1. The highest BCUT2D eigenvalue weighted by Crippen LogP contribution is 2.42. The molecule has 2 aliphatic carbocycles. The highest BCUT2D eigenvalue weighted by atomic mass is 16.5. The standard InChI is InChI=1S/C19H20N2O2/c1-23-18-16(7-4-12-20-18)19(22)21(14-9-10-14)17-11-8-13-5-2-3-6-15(13)17/h2-7,12,14,17H,8-11H2,1H3/t17-/m1/s1. The fourth-order valence-electron chi connectivity index (χ4n) is 3.59. The number of benzene rings is 1. The second-order valence-electron chi connectivity index (χ2n) is 6.26. The number of aryl methyl sites for hydroxylation is 1. The molecule has 2 aromatic rings. The maximum Gasteiger partial charge on any atom is 0.260 e. The van der Waals surface area contributed by atoms with E-state index in [4.69, 9.17) is 4.74 Å². The van der Waals surface area contributed by atoms with Gasteiger partial charge >= 0.3 is 0 Å². The summed E-state index contributed by atoms with van der Waals surface area (Å²) in [5, 5.41) is 0. The Hall–Kier alpha value is -2.36. The molecule has 0 spiro atoms. The van der Waals surface area contributed by atoms with E-state index in [1.54, 1.807) is 19.4 Å². The Morgan fingerprint density at radius 1 is 1.17 bits per heavy atom. The van der Waals surface area contributed by atoms with Crippen molar-refractivity contribution < 1.29 is 9.53 Å². The monoisotopic (exact) mass is 308 g/mol. The van der Waals surface area contributed by atoms with Crippen molar-refractivity contribution in [2.75, 3.05) is 7.11 Å². The molecule has 0 saturated heterocycles. The number of hydrogen-bond acceptors (Lipinski definition) is 3. The molecular weight excluding hydrogens is 288 g/mol. The van der Waals surface area contributed by atoms with E-state index in [-0.39, 0.29) is 11.9 Å². The van der Waals surface area contributed by atoms with E-state index in [1.807, 2.05) is 6.07 Å². The SMILES string of the molecule is COc1ncccc1C(=O)N(C1CC1)[C@@H]1CCc2ccccc21. The largest absolute Gasteiger partial charge is 0.480 e. The smallest absolute Gasteiger partial charge is 0.260 e. The highest BCUT2D eigenvalue weighted by Gasteiger charge is 2.41. The minimum atomic E-state index is 0.0409. The molecule has 2 aliphatic rings. The zero-order chi connectivity index (χ0) is 15.8. The lowest BCUT2D eigenvalue weighted by Crippen LogP contribution is -2.36. The molecule has 1 heterocycles. The number of carbonyl (C=O) groups excluding carboxylic acids is 1. The lowest BCUT2D eigenvalue weighted by molar-refractivity contribution is 0.0654. The average molecular weight is 308 g/mol. The number of amides is 1. The third-order valence-electron chi connectivity index (χ3n) is 4.81. The molecule has 0 radical (unpaired) electrons. The number of methoxy groups -OCH3 is 1. The molecule has 0 bridgehead atoms. The summed E-state index contributed by atoms with van der Waals surface area (Å²) in [4.78, 5) is 19.5. The molecule has 1 saturated carbocycles. The molecule has 4 heteroatoms. The first-order valence-electron chi connectivity index (χ1n) is 8.19. The summed E-state index contributed by atoms with van der Waals surface area (Å²) in [6, 6.07) is 12.6. The van der Waals surface area contributed by atoms with Gasteiger partial charge in [0.05, 0.1) is 13.2 Å². The van der Waals surface area contributed by atoms with Crippen LogP contribution in [0.1, 0.15) is 46.8 Å². The second kappa shape index (κ2) is 5.69. The minimum Gasteiger partial charge on any atom is -0.480 e. The normalized spacial score (nSPS) is 19.3. The van der Waals surface area contributed by atoms with Crippen LogP contribution in [0.25, 0.3) is 0 Å². The Kier molecular flexibility index (Phi) is 3.52. The molecule has 118 valence electrons. The van der Waals surface area contributed by atoms with Crippen molar-refractivity contribution in [3.63, 3.8) is 0 Å². The van der Waals surface area contributed by atoms with Crippen molar-refractivity contribution >= 4 is 5.91 Å². The van der Waals surface area contributed by atoms with Gasteiger partial charge in [0, 0.05) is 12.2 Å². The summed E-state index contributed by atoms with van der Waals surface area (Å²) in [5.74, 6) is 0.452. The molecule has 1 aromatic carbocycles. The van der Waals surface area contributed by atoms with Gasteiger partial charge in [0.15, 0.2) is 0 Å². The molecule has 1 aromatic heterocycles. The average Bonchev–Trinajstić information content (AvgIpc) is 3.35. The van der Waals surface area contributed by atoms with Crippen molar-refractivity contribution in [1.29, 1.82) is 0 Å². The van der Waals surface area contributed by atoms with Crippen molar-refractivity contribution in [1.82, 2.24) is 9.88 Å². The van der Waals surface area contributed by atoms with Crippen LogP contribution in [0, 0.1) is 0 Å². The van der Waals surface area contributed by atoms with E-state index in [0.717, 1.165) is 25.7 Å². The summed E-state index contributed by atoms with van der Waals surface area (Å²) in [5.41, 5.74) is 3.23. The summed E-state index contributed by atoms with van der Waals surface area (Å²) < 4.78 is 5.29. The minimum absolute atomic E-state index is 0.0409. The molecule has 0 unspecified atom stereocenters. The number of carbonyl (C=O) groups is 1. The maximum absolute atomic E-state index is 13.2. The number of hydrogen-bond donors (Lipinski definition) is 0. The molecule has 0 N–H and O–H groups in total. The van der Waals surface area contributed by atoms with Crippen LogP contribution >= 0.6 is 0 Å². The van der Waals surface area contributed by atoms with Crippen LogP contribution in [0.3, 0.4) is 0 Å². The molecule has 1 fully saturated rings. The third kappa shape index (κ3) is 2.48. The van der Waals surface area contributed by atoms with E-state index in [0.29, 0.717) is 17.5 Å². The molecular formula is C19H20N2O2. The first kappa shape index (κ1) is 14.2. The zero-order valence-corrected chi connectivity index (χ0v) is 13.2. The summed E-state index contributed by atoms with van der Waals surface area (Å²) in [6.07, 6.45) is 5.88. The summed E-state index contributed by atoms with van der Waals surface area (Å²) in [6.45, 7) is 0. The van der Waals surface area contributed by atoms with Gasteiger partial charge in [0.25, 0.3) is 5.91 Å². The van der Waals surface area contributed by atoms with Crippen LogP contribution in [0.4, 0.5) is 0 Å². The number of ether oxygens (including phenoxy) is 1. The Labute approximate surface area is 136 Å². The van der Waals surface area contributed by atoms with E-state index in [2.05, 4.69) is 34.1 Å². The fourth-order valence-corrected chi connectivity index (χ4v) is 3.59. The van der Waals surface area contributed by atoms with Crippen LogP contribution in [-0.4, -0.2) is 28.9 Å². The van der Waals surface area contributed by atoms with Crippen LogP contribution in [-0.2, 0) is 6.42 Å². The predicted octanol–water partition coefficient (Wildman–Crippen LogP) is 3.38. The van der Waals surface area contributed by atoms with Gasteiger partial charge in [-0.1, -0.05) is 24.3 Å². The van der Waals surface area contributed by atoms with Gasteiger partial charge in [0.2, 0.25) is 5.88 Å². The molecule has 0 aliphatic heterocycles. The quantitative estimate of drug-likeness (QED) is 0.869. The first-order chi connectivity index (χ1) is 11.3. The van der Waals surface area contributed by atoms with Gasteiger partial charge in [-0.15, -0.1) is 0 Å². The van der Waals surface area contributed by atoms with Gasteiger partial charge < -0.3 is 9.64 Å². The highest BCUT2D eigenvalue weighted by molar-refractivity contribution is 5.97. The first-order valence-corrected chi connectivity index (χ1v) is 8.19. The molecule has 1 atom stereocenters. The number of aromatic nitrogens is 1. The maximum atomic E-state index is 13.2. The van der Waals surface area contributed by atoms with Gasteiger partial charge in [-0.05, 0) is 48.9 Å². The number of nitrogens with zero attached hydrogens (tertiary/aromatic N) is 2. The van der Waals surface area contributed by atoms with Crippen molar-refractivity contribution in [3.05, 3.63) is 59.3 Å². The van der Waals surface area contributed by atoms with E-state index in [1.165, 1.54) is 11.1 Å². The van der Waals surface area contributed by atoms with Crippen molar-refractivity contribution in [2.24, 2.45) is 0 Å². The second-order valence-corrected chi connectivity index (χ2v) is 6.26. The third-order valence-corrected chi connectivity index (χ3v) is 4.81. The molecule has 4 nitrogen and oxygen atoms in total.